The molecule has 2 aliphatic rings. The summed E-state index contributed by atoms with van der Waals surface area (Å²) in [7, 11) is 4.05. The standard InChI is InChI=1S/C30H50N4O5/c1-21-18-34(22(2)20-35)29(36)26-17-25(32-30(37)31-24-12-7-6-8-13-24)14-15-27(26)39-23(3)11-9-10-16-38-28(21)19-33(4)5/h14-15,17,21-24,28,35H,6-13,16,18-20H2,1-5H3,(H2,31,32,37)/t21-,22+,23+,28-/m0/s1. The van der Waals surface area contributed by atoms with E-state index in [1.165, 1.54) is 6.42 Å². The Kier molecular flexibility index (Phi) is 12.3. The zero-order chi connectivity index (χ0) is 28.4. The largest absolute Gasteiger partial charge is 0.490 e. The van der Waals surface area contributed by atoms with Gasteiger partial charge in [0.1, 0.15) is 5.75 Å². The van der Waals surface area contributed by atoms with Crippen LogP contribution in [0.15, 0.2) is 18.2 Å². The molecule has 0 bridgehead atoms. The van der Waals surface area contributed by atoms with Crippen molar-refractivity contribution in [2.24, 2.45) is 5.92 Å². The van der Waals surface area contributed by atoms with Gasteiger partial charge in [-0.3, -0.25) is 4.79 Å². The number of carbonyl (C=O) groups excluding carboxylic acids is 2. The van der Waals surface area contributed by atoms with Crippen LogP contribution in [0.3, 0.4) is 0 Å². The number of amides is 3. The molecule has 9 heteroatoms. The summed E-state index contributed by atoms with van der Waals surface area (Å²) in [5.41, 5.74) is 0.915. The molecule has 0 radical (unpaired) electrons. The molecule has 220 valence electrons. The number of fused-ring (bicyclic) bond motifs is 1. The Balaban J connectivity index is 1.90. The van der Waals surface area contributed by atoms with Crippen molar-refractivity contribution in [2.75, 3.05) is 45.7 Å². The van der Waals surface area contributed by atoms with Crippen LogP contribution in [0.1, 0.15) is 82.5 Å². The fourth-order valence-electron chi connectivity index (χ4n) is 5.42. The third kappa shape index (κ3) is 9.65. The summed E-state index contributed by atoms with van der Waals surface area (Å²) >= 11 is 0. The minimum absolute atomic E-state index is 0.0409. The third-order valence-corrected chi connectivity index (χ3v) is 7.79. The average Bonchev–Trinajstić information content (AvgIpc) is 2.90. The Morgan fingerprint density at radius 2 is 1.85 bits per heavy atom. The summed E-state index contributed by atoms with van der Waals surface area (Å²) in [5.74, 6) is 0.299. The molecule has 0 aromatic heterocycles. The summed E-state index contributed by atoms with van der Waals surface area (Å²) in [6.07, 6.45) is 8.06. The van der Waals surface area contributed by atoms with Gasteiger partial charge in [0.15, 0.2) is 0 Å². The summed E-state index contributed by atoms with van der Waals surface area (Å²) in [4.78, 5) is 30.7. The highest BCUT2D eigenvalue weighted by Crippen LogP contribution is 2.28. The van der Waals surface area contributed by atoms with Gasteiger partial charge in [0.25, 0.3) is 5.91 Å². The molecule has 39 heavy (non-hydrogen) atoms. The second-order valence-corrected chi connectivity index (χ2v) is 11.7. The van der Waals surface area contributed by atoms with Crippen LogP contribution in [0, 0.1) is 5.92 Å². The molecule has 3 rings (SSSR count). The number of nitrogens with zero attached hydrogens (tertiary/aromatic N) is 2. The first-order chi connectivity index (χ1) is 18.7. The van der Waals surface area contributed by atoms with Crippen LogP contribution in [0.2, 0.25) is 0 Å². The number of likely N-dealkylation sites (N-methyl/N-ethyl adjacent to an activating group) is 1. The molecule has 0 saturated heterocycles. The summed E-state index contributed by atoms with van der Waals surface area (Å²) in [5, 5.41) is 16.1. The van der Waals surface area contributed by atoms with Gasteiger partial charge in [-0.1, -0.05) is 26.2 Å². The number of carbonyl (C=O) groups is 2. The normalized spacial score (nSPS) is 24.8. The molecule has 1 fully saturated rings. The lowest BCUT2D eigenvalue weighted by molar-refractivity contribution is -0.0137. The zero-order valence-corrected chi connectivity index (χ0v) is 24.6. The molecule has 0 spiro atoms. The fourth-order valence-corrected chi connectivity index (χ4v) is 5.42. The fraction of sp³-hybridized carbons (Fsp3) is 0.733. The predicted octanol–water partition coefficient (Wildman–Crippen LogP) is 4.50. The molecule has 4 atom stereocenters. The molecule has 0 unspecified atom stereocenters. The minimum atomic E-state index is -0.399. The molecule has 3 N–H and O–H groups in total. The van der Waals surface area contributed by atoms with E-state index in [2.05, 4.69) is 22.5 Å². The van der Waals surface area contributed by atoms with Gasteiger partial charge >= 0.3 is 6.03 Å². The number of hydrogen-bond acceptors (Lipinski definition) is 6. The first kappa shape index (κ1) is 31.2. The van der Waals surface area contributed by atoms with E-state index in [1.807, 2.05) is 27.9 Å². The molecule has 1 aromatic carbocycles. The van der Waals surface area contributed by atoms with Crippen molar-refractivity contribution in [3.05, 3.63) is 23.8 Å². The highest BCUT2D eigenvalue weighted by Gasteiger charge is 2.30. The number of nitrogens with one attached hydrogen (secondary N) is 2. The topological polar surface area (TPSA) is 103 Å². The Bertz CT molecular complexity index is 921. The molecule has 1 aliphatic heterocycles. The highest BCUT2D eigenvalue weighted by molar-refractivity contribution is 5.99. The number of anilines is 1. The van der Waals surface area contributed by atoms with Crippen molar-refractivity contribution in [2.45, 2.75) is 96.4 Å². The van der Waals surface area contributed by atoms with Crippen molar-refractivity contribution in [1.29, 1.82) is 0 Å². The summed E-state index contributed by atoms with van der Waals surface area (Å²) in [6, 6.07) is 4.78. The van der Waals surface area contributed by atoms with Crippen molar-refractivity contribution in [3.8, 4) is 5.75 Å². The van der Waals surface area contributed by atoms with Gasteiger partial charge < -0.3 is 35.0 Å². The van der Waals surface area contributed by atoms with E-state index < -0.39 is 6.04 Å². The van der Waals surface area contributed by atoms with Gasteiger partial charge in [-0.05, 0) is 78.2 Å². The molecule has 1 saturated carbocycles. The SMILES string of the molecule is C[C@@H]1CCCCO[C@@H](CN(C)C)[C@@H](C)CN([C@H](C)CO)C(=O)c2cc(NC(=O)NC3CCCCC3)ccc2O1. The minimum Gasteiger partial charge on any atom is -0.490 e. The number of rotatable bonds is 6. The lowest BCUT2D eigenvalue weighted by Crippen LogP contribution is -2.47. The first-order valence-electron chi connectivity index (χ1n) is 14.7. The van der Waals surface area contributed by atoms with Crippen LogP contribution in [0.5, 0.6) is 5.75 Å². The Morgan fingerprint density at radius 3 is 2.54 bits per heavy atom. The van der Waals surface area contributed by atoms with E-state index in [1.54, 1.807) is 23.1 Å². The molecular formula is C30H50N4O5. The van der Waals surface area contributed by atoms with Gasteiger partial charge in [0.05, 0.1) is 30.4 Å². The maximum atomic E-state index is 14.1. The molecule has 9 nitrogen and oxygen atoms in total. The van der Waals surface area contributed by atoms with Crippen LogP contribution < -0.4 is 15.4 Å². The number of ether oxygens (including phenoxy) is 2. The van der Waals surface area contributed by atoms with Crippen LogP contribution in [-0.2, 0) is 4.74 Å². The van der Waals surface area contributed by atoms with E-state index in [0.717, 1.165) is 51.5 Å². The summed E-state index contributed by atoms with van der Waals surface area (Å²) < 4.78 is 12.6. The second-order valence-electron chi connectivity index (χ2n) is 11.7. The maximum absolute atomic E-state index is 14.1. The second kappa shape index (κ2) is 15.4. The van der Waals surface area contributed by atoms with Gasteiger partial charge in [-0.25, -0.2) is 4.79 Å². The number of urea groups is 1. The Labute approximate surface area is 234 Å². The highest BCUT2D eigenvalue weighted by atomic mass is 16.5. The quantitative estimate of drug-likeness (QED) is 0.486. The number of benzene rings is 1. The third-order valence-electron chi connectivity index (χ3n) is 7.79. The van der Waals surface area contributed by atoms with Gasteiger partial charge in [0.2, 0.25) is 0 Å². The smallest absolute Gasteiger partial charge is 0.319 e. The lowest BCUT2D eigenvalue weighted by atomic mass is 9.96. The first-order valence-corrected chi connectivity index (χ1v) is 14.7. The Hall–Kier alpha value is -2.36. The van der Waals surface area contributed by atoms with E-state index in [9.17, 15) is 14.7 Å². The molecule has 3 amide bonds. The number of aliphatic hydroxyl groups is 1. The van der Waals surface area contributed by atoms with Crippen molar-refractivity contribution in [1.82, 2.24) is 15.1 Å². The van der Waals surface area contributed by atoms with E-state index in [-0.39, 0.29) is 42.7 Å². The van der Waals surface area contributed by atoms with Gasteiger partial charge in [-0.15, -0.1) is 0 Å². The summed E-state index contributed by atoms with van der Waals surface area (Å²) in [6.45, 7) is 7.62. The number of aliphatic hydroxyl groups excluding tert-OH is 1. The van der Waals surface area contributed by atoms with Gasteiger partial charge in [0, 0.05) is 37.3 Å². The van der Waals surface area contributed by atoms with Crippen LogP contribution >= 0.6 is 0 Å². The molecular weight excluding hydrogens is 496 g/mol. The van der Waals surface area contributed by atoms with Crippen molar-refractivity contribution < 1.29 is 24.2 Å². The van der Waals surface area contributed by atoms with Gasteiger partial charge in [-0.2, -0.15) is 0 Å². The lowest BCUT2D eigenvalue weighted by Gasteiger charge is -2.35. The molecule has 1 heterocycles. The molecule has 1 aliphatic carbocycles. The van der Waals surface area contributed by atoms with E-state index in [0.29, 0.717) is 30.2 Å². The van der Waals surface area contributed by atoms with Crippen LogP contribution in [0.4, 0.5) is 10.5 Å². The van der Waals surface area contributed by atoms with Crippen LogP contribution in [0.25, 0.3) is 0 Å². The Morgan fingerprint density at radius 1 is 1.13 bits per heavy atom. The van der Waals surface area contributed by atoms with Crippen LogP contribution in [-0.4, -0.2) is 91.5 Å². The predicted molar refractivity (Wildman–Crippen MR) is 154 cm³/mol. The average molecular weight is 547 g/mol. The molecule has 1 aromatic rings. The van der Waals surface area contributed by atoms with E-state index >= 15 is 0 Å². The number of hydrogen-bond donors (Lipinski definition) is 3. The zero-order valence-electron chi connectivity index (χ0n) is 24.6. The van der Waals surface area contributed by atoms with E-state index in [4.69, 9.17) is 9.47 Å². The maximum Gasteiger partial charge on any atom is 0.319 e. The van der Waals surface area contributed by atoms with Crippen molar-refractivity contribution >= 4 is 17.6 Å². The van der Waals surface area contributed by atoms with Crippen molar-refractivity contribution in [3.63, 3.8) is 0 Å². The monoisotopic (exact) mass is 546 g/mol.